The lowest BCUT2D eigenvalue weighted by atomic mass is 9.99. The molecular weight excluding hydrogens is 306 g/mol. The Morgan fingerprint density at radius 3 is 2.36 bits per heavy atom. The van der Waals surface area contributed by atoms with E-state index in [9.17, 15) is 0 Å². The van der Waals surface area contributed by atoms with Gasteiger partial charge in [0.25, 0.3) is 0 Å². The number of pyridine rings is 2. The number of rotatable bonds is 4. The Morgan fingerprint density at radius 2 is 1.52 bits per heavy atom. The molecule has 3 nitrogen and oxygen atoms in total. The molecule has 0 bridgehead atoms. The number of fused-ring (bicyclic) bond motifs is 1. The predicted octanol–water partition coefficient (Wildman–Crippen LogP) is 4.84. The van der Waals surface area contributed by atoms with Crippen LogP contribution in [0.25, 0.3) is 10.8 Å². The van der Waals surface area contributed by atoms with Crippen LogP contribution in [0, 0.1) is 0 Å². The number of hydrogen-bond acceptors (Lipinski definition) is 3. The quantitative estimate of drug-likeness (QED) is 0.504. The second-order valence-corrected chi connectivity index (χ2v) is 5.76. The maximum Gasteiger partial charge on any atom is 0.118 e. The van der Waals surface area contributed by atoms with E-state index < -0.39 is 0 Å². The van der Waals surface area contributed by atoms with Crippen LogP contribution < -0.4 is 0 Å². The van der Waals surface area contributed by atoms with Crippen LogP contribution in [0.3, 0.4) is 0 Å². The molecule has 4 rings (SSSR count). The van der Waals surface area contributed by atoms with Gasteiger partial charge in [-0.15, -0.1) is 0 Å². The number of aromatic nitrogens is 2. The molecule has 120 valence electrons. The van der Waals surface area contributed by atoms with Gasteiger partial charge in [0.2, 0.25) is 0 Å². The number of aliphatic imine (C=N–C) groups is 1. The molecule has 0 radical (unpaired) electrons. The third-order valence-electron chi connectivity index (χ3n) is 4.12. The van der Waals surface area contributed by atoms with Gasteiger partial charge in [-0.1, -0.05) is 60.7 Å². The molecule has 0 spiro atoms. The highest BCUT2D eigenvalue weighted by atomic mass is 14.9. The Kier molecular flexibility index (Phi) is 4.29. The van der Waals surface area contributed by atoms with Gasteiger partial charge in [0, 0.05) is 24.0 Å². The van der Waals surface area contributed by atoms with Crippen molar-refractivity contribution in [3.63, 3.8) is 0 Å². The summed E-state index contributed by atoms with van der Waals surface area (Å²) in [7, 11) is 0. The van der Waals surface area contributed by atoms with Gasteiger partial charge in [-0.05, 0) is 29.1 Å². The predicted molar refractivity (Wildman–Crippen MR) is 102 cm³/mol. The van der Waals surface area contributed by atoms with Crippen molar-refractivity contribution in [1.82, 2.24) is 9.97 Å². The summed E-state index contributed by atoms with van der Waals surface area (Å²) < 4.78 is 0. The molecule has 3 heteroatoms. The maximum absolute atomic E-state index is 4.83. The Hall–Kier alpha value is -3.33. The summed E-state index contributed by atoms with van der Waals surface area (Å²) in [6.07, 6.45) is 5.44. The van der Waals surface area contributed by atoms with Gasteiger partial charge in [0.1, 0.15) is 6.04 Å². The molecule has 0 saturated heterocycles. The minimum absolute atomic E-state index is 0.172. The Labute approximate surface area is 146 Å². The van der Waals surface area contributed by atoms with Crippen molar-refractivity contribution >= 4 is 17.0 Å². The lowest BCUT2D eigenvalue weighted by molar-refractivity contribution is 0.846. The molecule has 0 aliphatic rings. The zero-order valence-corrected chi connectivity index (χ0v) is 13.7. The molecule has 1 unspecified atom stereocenters. The van der Waals surface area contributed by atoms with Crippen molar-refractivity contribution in [2.24, 2.45) is 4.99 Å². The van der Waals surface area contributed by atoms with Crippen molar-refractivity contribution in [1.29, 1.82) is 0 Å². The molecule has 0 amide bonds. The zero-order valence-electron chi connectivity index (χ0n) is 13.7. The van der Waals surface area contributed by atoms with Gasteiger partial charge in [0.05, 0.1) is 11.4 Å². The summed E-state index contributed by atoms with van der Waals surface area (Å²) in [5, 5.41) is 2.29. The van der Waals surface area contributed by atoms with Crippen LogP contribution in [0.4, 0.5) is 0 Å². The van der Waals surface area contributed by atoms with Crippen molar-refractivity contribution in [3.8, 4) is 0 Å². The molecule has 4 aromatic rings. The Balaban J connectivity index is 1.84. The van der Waals surface area contributed by atoms with Gasteiger partial charge in [0.15, 0.2) is 0 Å². The number of benzene rings is 2. The monoisotopic (exact) mass is 323 g/mol. The van der Waals surface area contributed by atoms with Crippen LogP contribution in [0.1, 0.15) is 23.0 Å². The van der Waals surface area contributed by atoms with Crippen LogP contribution in [0.15, 0.2) is 96.2 Å². The summed E-state index contributed by atoms with van der Waals surface area (Å²) in [6.45, 7) is 0. The van der Waals surface area contributed by atoms with Gasteiger partial charge >= 0.3 is 0 Å². The minimum Gasteiger partial charge on any atom is -0.276 e. The third-order valence-corrected chi connectivity index (χ3v) is 4.12. The highest BCUT2D eigenvalue weighted by molar-refractivity contribution is 5.85. The summed E-state index contributed by atoms with van der Waals surface area (Å²) in [5.74, 6) is 0. The zero-order chi connectivity index (χ0) is 16.9. The van der Waals surface area contributed by atoms with Crippen LogP contribution in [0.5, 0.6) is 0 Å². The van der Waals surface area contributed by atoms with Gasteiger partial charge < -0.3 is 0 Å². The Morgan fingerprint density at radius 1 is 0.720 bits per heavy atom. The second kappa shape index (κ2) is 7.05. The summed E-state index contributed by atoms with van der Waals surface area (Å²) in [5.41, 5.74) is 2.90. The topological polar surface area (TPSA) is 38.1 Å². The molecule has 1 atom stereocenters. The summed E-state index contributed by atoms with van der Waals surface area (Å²) in [6, 6.07) is 26.2. The SMILES string of the molecule is C(=NC(c1ccccc1)c1nccc2ccccc12)c1ccccn1. The Bertz CT molecular complexity index is 990. The van der Waals surface area contributed by atoms with Gasteiger partial charge in [-0.25, -0.2) is 0 Å². The largest absolute Gasteiger partial charge is 0.276 e. The van der Waals surface area contributed by atoms with E-state index >= 15 is 0 Å². The fourth-order valence-electron chi connectivity index (χ4n) is 2.91. The van der Waals surface area contributed by atoms with E-state index in [0.29, 0.717) is 0 Å². The van der Waals surface area contributed by atoms with Crippen LogP contribution >= 0.6 is 0 Å². The molecule has 0 aliphatic carbocycles. The fourth-order valence-corrected chi connectivity index (χ4v) is 2.91. The van der Waals surface area contributed by atoms with E-state index in [2.05, 4.69) is 34.2 Å². The highest BCUT2D eigenvalue weighted by Gasteiger charge is 2.16. The second-order valence-electron chi connectivity index (χ2n) is 5.76. The molecule has 2 aromatic heterocycles. The van der Waals surface area contributed by atoms with E-state index in [-0.39, 0.29) is 6.04 Å². The lowest BCUT2D eigenvalue weighted by Gasteiger charge is -2.15. The smallest absolute Gasteiger partial charge is 0.118 e. The van der Waals surface area contributed by atoms with Crippen molar-refractivity contribution in [2.45, 2.75) is 6.04 Å². The first kappa shape index (κ1) is 15.2. The van der Waals surface area contributed by atoms with Crippen LogP contribution in [-0.2, 0) is 0 Å². The van der Waals surface area contributed by atoms with Crippen molar-refractivity contribution in [2.75, 3.05) is 0 Å². The first-order valence-corrected chi connectivity index (χ1v) is 8.24. The van der Waals surface area contributed by atoms with E-state index in [0.717, 1.165) is 22.3 Å². The lowest BCUT2D eigenvalue weighted by Crippen LogP contribution is -2.03. The van der Waals surface area contributed by atoms with Crippen LogP contribution in [0.2, 0.25) is 0 Å². The average Bonchev–Trinajstić information content (AvgIpc) is 2.70. The first-order chi connectivity index (χ1) is 12.4. The third kappa shape index (κ3) is 3.31. The van der Waals surface area contributed by atoms with E-state index in [4.69, 9.17) is 4.99 Å². The van der Waals surface area contributed by atoms with E-state index in [1.807, 2.05) is 67.0 Å². The van der Waals surface area contributed by atoms with Crippen molar-refractivity contribution in [3.05, 3.63) is 108 Å². The average molecular weight is 323 g/mol. The number of nitrogens with zero attached hydrogens (tertiary/aromatic N) is 3. The highest BCUT2D eigenvalue weighted by Crippen LogP contribution is 2.30. The van der Waals surface area contributed by atoms with Gasteiger partial charge in [-0.2, -0.15) is 0 Å². The summed E-state index contributed by atoms with van der Waals surface area (Å²) >= 11 is 0. The molecule has 0 fully saturated rings. The normalized spacial score (nSPS) is 12.5. The van der Waals surface area contributed by atoms with E-state index in [1.165, 1.54) is 5.39 Å². The molecule has 2 aromatic carbocycles. The molecule has 25 heavy (non-hydrogen) atoms. The molecule has 0 saturated carbocycles. The van der Waals surface area contributed by atoms with E-state index in [1.54, 1.807) is 6.20 Å². The minimum atomic E-state index is -0.172. The van der Waals surface area contributed by atoms with Gasteiger partial charge in [-0.3, -0.25) is 15.0 Å². The first-order valence-electron chi connectivity index (χ1n) is 8.24. The number of hydrogen-bond donors (Lipinski definition) is 0. The molecule has 0 N–H and O–H groups in total. The maximum atomic E-state index is 4.83. The fraction of sp³-hybridized carbons (Fsp3) is 0.0455. The molecular formula is C22H17N3. The van der Waals surface area contributed by atoms with Crippen LogP contribution in [-0.4, -0.2) is 16.2 Å². The molecule has 2 heterocycles. The van der Waals surface area contributed by atoms with Crippen molar-refractivity contribution < 1.29 is 0 Å². The summed E-state index contributed by atoms with van der Waals surface area (Å²) in [4.78, 5) is 13.8. The standard InChI is InChI=1S/C22H17N3/c1-2-9-18(10-3-1)21(25-16-19-11-6-7-14-23-19)22-20-12-5-4-8-17(20)13-15-24-22/h1-16,21H. The molecule has 0 aliphatic heterocycles.